The Hall–Kier alpha value is -1.13. The molecule has 1 heterocycles. The Balaban J connectivity index is 1.42. The molecule has 3 nitrogen and oxygen atoms in total. The standard InChI is InChI=1S/C15H21FN2O/c16-12-3-5-13(6-4-12)19-8-7-18-9-14(11-1-2-11)15(17)10-18/h3-6,11,14-15H,1-2,7-10,17H2/t14-,15+/m0/s1. The topological polar surface area (TPSA) is 38.5 Å². The lowest BCUT2D eigenvalue weighted by Crippen LogP contribution is -2.31. The van der Waals surface area contributed by atoms with Gasteiger partial charge in [0.2, 0.25) is 0 Å². The number of nitrogens with two attached hydrogens (primary N) is 1. The first-order chi connectivity index (χ1) is 9.22. The Morgan fingerprint density at radius 1 is 1.21 bits per heavy atom. The van der Waals surface area contributed by atoms with E-state index in [9.17, 15) is 4.39 Å². The van der Waals surface area contributed by atoms with Gasteiger partial charge in [-0.2, -0.15) is 0 Å². The number of hydrogen-bond donors (Lipinski definition) is 1. The van der Waals surface area contributed by atoms with Gasteiger partial charge in [0.05, 0.1) is 0 Å². The van der Waals surface area contributed by atoms with Crippen LogP contribution < -0.4 is 10.5 Å². The summed E-state index contributed by atoms with van der Waals surface area (Å²) in [5, 5.41) is 0. The quantitative estimate of drug-likeness (QED) is 0.882. The summed E-state index contributed by atoms with van der Waals surface area (Å²) >= 11 is 0. The van der Waals surface area contributed by atoms with Gasteiger partial charge in [0.15, 0.2) is 0 Å². The van der Waals surface area contributed by atoms with E-state index in [1.165, 1.54) is 25.0 Å². The van der Waals surface area contributed by atoms with Gasteiger partial charge in [0.25, 0.3) is 0 Å². The molecule has 2 fully saturated rings. The summed E-state index contributed by atoms with van der Waals surface area (Å²) in [5.74, 6) is 2.05. The third-order valence-corrected chi connectivity index (χ3v) is 4.21. The fourth-order valence-corrected chi connectivity index (χ4v) is 2.97. The van der Waals surface area contributed by atoms with Crippen molar-refractivity contribution in [1.29, 1.82) is 0 Å². The third-order valence-electron chi connectivity index (χ3n) is 4.21. The number of nitrogens with zero attached hydrogens (tertiary/aromatic N) is 1. The van der Waals surface area contributed by atoms with Crippen molar-refractivity contribution in [2.75, 3.05) is 26.2 Å². The molecule has 2 atom stereocenters. The van der Waals surface area contributed by atoms with Crippen molar-refractivity contribution in [3.8, 4) is 5.75 Å². The van der Waals surface area contributed by atoms with Crippen LogP contribution in [0.25, 0.3) is 0 Å². The average molecular weight is 264 g/mol. The van der Waals surface area contributed by atoms with Crippen LogP contribution in [0.4, 0.5) is 4.39 Å². The van der Waals surface area contributed by atoms with Crippen LogP contribution in [0.15, 0.2) is 24.3 Å². The summed E-state index contributed by atoms with van der Waals surface area (Å²) < 4.78 is 18.4. The second kappa shape index (κ2) is 5.47. The molecular weight excluding hydrogens is 243 g/mol. The molecule has 4 heteroatoms. The number of likely N-dealkylation sites (tertiary alicyclic amines) is 1. The van der Waals surface area contributed by atoms with Crippen molar-refractivity contribution in [3.05, 3.63) is 30.1 Å². The highest BCUT2D eigenvalue weighted by Gasteiger charge is 2.40. The number of halogens is 1. The van der Waals surface area contributed by atoms with E-state index in [1.54, 1.807) is 12.1 Å². The monoisotopic (exact) mass is 264 g/mol. The van der Waals surface area contributed by atoms with Gasteiger partial charge in [0.1, 0.15) is 18.2 Å². The molecular formula is C15H21FN2O. The second-order valence-electron chi connectivity index (χ2n) is 5.73. The molecule has 0 spiro atoms. The van der Waals surface area contributed by atoms with Crippen molar-refractivity contribution >= 4 is 0 Å². The summed E-state index contributed by atoms with van der Waals surface area (Å²) in [6, 6.07) is 6.50. The highest BCUT2D eigenvalue weighted by molar-refractivity contribution is 5.21. The molecule has 1 saturated carbocycles. The van der Waals surface area contributed by atoms with Crippen LogP contribution in [0.1, 0.15) is 12.8 Å². The molecule has 1 aliphatic heterocycles. The number of rotatable bonds is 5. The first kappa shape index (κ1) is 12.9. The maximum absolute atomic E-state index is 12.7. The molecule has 1 aromatic carbocycles. The van der Waals surface area contributed by atoms with Crippen LogP contribution in [0.5, 0.6) is 5.75 Å². The highest BCUT2D eigenvalue weighted by Crippen LogP contribution is 2.40. The van der Waals surface area contributed by atoms with Gasteiger partial charge in [-0.1, -0.05) is 0 Å². The molecule has 1 saturated heterocycles. The Morgan fingerprint density at radius 2 is 1.95 bits per heavy atom. The zero-order valence-corrected chi connectivity index (χ0v) is 11.1. The van der Waals surface area contributed by atoms with Gasteiger partial charge < -0.3 is 10.5 Å². The normalized spacial score (nSPS) is 27.7. The fourth-order valence-electron chi connectivity index (χ4n) is 2.97. The summed E-state index contributed by atoms with van der Waals surface area (Å²) in [7, 11) is 0. The minimum Gasteiger partial charge on any atom is -0.492 e. The molecule has 0 bridgehead atoms. The van der Waals surface area contributed by atoms with Gasteiger partial charge in [-0.05, 0) is 48.9 Å². The predicted octanol–water partition coefficient (Wildman–Crippen LogP) is 1.87. The summed E-state index contributed by atoms with van der Waals surface area (Å²) in [6.07, 6.45) is 2.72. The molecule has 0 amide bonds. The van der Waals surface area contributed by atoms with Gasteiger partial charge in [0, 0.05) is 25.7 Å². The number of hydrogen-bond acceptors (Lipinski definition) is 3. The molecule has 0 aromatic heterocycles. The van der Waals surface area contributed by atoms with Crippen molar-refractivity contribution in [2.45, 2.75) is 18.9 Å². The van der Waals surface area contributed by atoms with E-state index in [0.29, 0.717) is 18.6 Å². The Kier molecular flexibility index (Phi) is 3.71. The maximum atomic E-state index is 12.7. The van der Waals surface area contributed by atoms with E-state index < -0.39 is 0 Å². The van der Waals surface area contributed by atoms with Crippen LogP contribution in [0.2, 0.25) is 0 Å². The number of benzene rings is 1. The summed E-state index contributed by atoms with van der Waals surface area (Å²) in [6.45, 7) is 3.62. The molecule has 2 N–H and O–H groups in total. The molecule has 19 heavy (non-hydrogen) atoms. The van der Waals surface area contributed by atoms with Gasteiger partial charge >= 0.3 is 0 Å². The number of ether oxygens (including phenoxy) is 1. The average Bonchev–Trinajstić information content (AvgIpc) is 3.17. The molecule has 0 radical (unpaired) electrons. The lowest BCUT2D eigenvalue weighted by Gasteiger charge is -2.16. The lowest BCUT2D eigenvalue weighted by molar-refractivity contribution is 0.230. The van der Waals surface area contributed by atoms with Crippen LogP contribution in [-0.2, 0) is 0 Å². The molecule has 2 aliphatic rings. The van der Waals surface area contributed by atoms with E-state index in [1.807, 2.05) is 0 Å². The van der Waals surface area contributed by atoms with E-state index in [-0.39, 0.29) is 5.82 Å². The van der Waals surface area contributed by atoms with Crippen LogP contribution in [-0.4, -0.2) is 37.2 Å². The summed E-state index contributed by atoms with van der Waals surface area (Å²) in [5.41, 5.74) is 6.19. The third kappa shape index (κ3) is 3.25. The Labute approximate surface area is 113 Å². The second-order valence-corrected chi connectivity index (χ2v) is 5.73. The van der Waals surface area contributed by atoms with Crippen molar-refractivity contribution in [1.82, 2.24) is 4.90 Å². The first-order valence-electron chi connectivity index (χ1n) is 7.08. The lowest BCUT2D eigenvalue weighted by atomic mass is 9.99. The van der Waals surface area contributed by atoms with E-state index in [2.05, 4.69) is 4.90 Å². The van der Waals surface area contributed by atoms with Gasteiger partial charge in [-0.3, -0.25) is 4.90 Å². The Bertz CT molecular complexity index is 419. The van der Waals surface area contributed by atoms with Gasteiger partial charge in [-0.25, -0.2) is 4.39 Å². The molecule has 3 rings (SSSR count). The SMILES string of the molecule is N[C@@H]1CN(CCOc2ccc(F)cc2)C[C@H]1C1CC1. The maximum Gasteiger partial charge on any atom is 0.123 e. The molecule has 0 unspecified atom stereocenters. The van der Waals surface area contributed by atoms with E-state index >= 15 is 0 Å². The van der Waals surface area contributed by atoms with E-state index in [0.717, 1.165) is 31.3 Å². The van der Waals surface area contributed by atoms with Crippen molar-refractivity contribution < 1.29 is 9.13 Å². The first-order valence-corrected chi connectivity index (χ1v) is 7.08. The minimum absolute atomic E-state index is 0.231. The Morgan fingerprint density at radius 3 is 2.63 bits per heavy atom. The fraction of sp³-hybridized carbons (Fsp3) is 0.600. The smallest absolute Gasteiger partial charge is 0.123 e. The van der Waals surface area contributed by atoms with Crippen LogP contribution in [0.3, 0.4) is 0 Å². The largest absolute Gasteiger partial charge is 0.492 e. The van der Waals surface area contributed by atoms with Crippen molar-refractivity contribution in [2.24, 2.45) is 17.6 Å². The zero-order chi connectivity index (χ0) is 13.2. The minimum atomic E-state index is -0.231. The molecule has 1 aliphatic carbocycles. The summed E-state index contributed by atoms with van der Waals surface area (Å²) in [4.78, 5) is 2.39. The predicted molar refractivity (Wildman–Crippen MR) is 72.5 cm³/mol. The van der Waals surface area contributed by atoms with Crippen LogP contribution in [0, 0.1) is 17.7 Å². The molecule has 1 aromatic rings. The van der Waals surface area contributed by atoms with E-state index in [4.69, 9.17) is 10.5 Å². The highest BCUT2D eigenvalue weighted by atomic mass is 19.1. The van der Waals surface area contributed by atoms with Crippen molar-refractivity contribution in [3.63, 3.8) is 0 Å². The molecule has 104 valence electrons. The zero-order valence-electron chi connectivity index (χ0n) is 11.1. The van der Waals surface area contributed by atoms with Gasteiger partial charge in [-0.15, -0.1) is 0 Å². The van der Waals surface area contributed by atoms with Crippen LogP contribution >= 0.6 is 0 Å².